The zero-order valence-corrected chi connectivity index (χ0v) is 20.8. The Morgan fingerprint density at radius 2 is 1.56 bits per heavy atom. The van der Waals surface area contributed by atoms with Gasteiger partial charge in [0.15, 0.2) is 11.5 Å². The molecule has 3 aromatic rings. The fraction of sp³-hybridized carbons (Fsp3) is 0.286. The summed E-state index contributed by atoms with van der Waals surface area (Å²) in [5, 5.41) is 3.01. The van der Waals surface area contributed by atoms with Crippen LogP contribution in [-0.4, -0.2) is 40.3 Å². The van der Waals surface area contributed by atoms with E-state index in [9.17, 15) is 9.59 Å². The minimum Gasteiger partial charge on any atom is -0.497 e. The Morgan fingerprint density at radius 3 is 2.22 bits per heavy atom. The molecule has 1 aliphatic rings. The van der Waals surface area contributed by atoms with Gasteiger partial charge in [-0.25, -0.2) is 0 Å². The van der Waals surface area contributed by atoms with Crippen molar-refractivity contribution in [1.82, 2.24) is 0 Å². The van der Waals surface area contributed by atoms with Gasteiger partial charge in [0.2, 0.25) is 11.8 Å². The Morgan fingerprint density at radius 1 is 0.833 bits per heavy atom. The highest BCUT2D eigenvalue weighted by Gasteiger charge is 2.42. The predicted octanol–water partition coefficient (Wildman–Crippen LogP) is 4.84. The van der Waals surface area contributed by atoms with Crippen LogP contribution in [0.2, 0.25) is 0 Å². The second-order valence-corrected chi connectivity index (χ2v) is 8.39. The number of ether oxygens (including phenoxy) is 4. The highest BCUT2D eigenvalue weighted by Crippen LogP contribution is 2.43. The first-order chi connectivity index (χ1) is 17.5. The second-order valence-electron chi connectivity index (χ2n) is 8.39. The van der Waals surface area contributed by atoms with Crippen LogP contribution in [0.25, 0.3) is 0 Å². The molecule has 8 nitrogen and oxygen atoms in total. The van der Waals surface area contributed by atoms with E-state index in [-0.39, 0.29) is 18.2 Å². The molecular formula is C28H30N2O6. The molecule has 2 amide bonds. The van der Waals surface area contributed by atoms with Crippen LogP contribution in [-0.2, 0) is 9.59 Å². The minimum atomic E-state index is -0.565. The molecule has 1 heterocycles. The lowest BCUT2D eigenvalue weighted by Crippen LogP contribution is -2.47. The summed E-state index contributed by atoms with van der Waals surface area (Å²) in [4.78, 5) is 28.7. The molecule has 0 aliphatic carbocycles. The smallest absolute Gasteiger partial charge is 0.229 e. The van der Waals surface area contributed by atoms with Crippen molar-refractivity contribution in [2.24, 2.45) is 5.92 Å². The molecule has 1 N–H and O–H groups in total. The monoisotopic (exact) mass is 490 g/mol. The van der Waals surface area contributed by atoms with Gasteiger partial charge in [0, 0.05) is 23.9 Å². The Kier molecular flexibility index (Phi) is 7.63. The standard InChI is InChI=1S/C28H30N2O6/c1-33-21-11-9-20(10-12-21)30-26(31)15-13-23(28(32)29-19-6-5-7-22(17-19)34-2)27(30)18-8-14-24(35-3)25(16-18)36-4/h5-12,14,16-17,23,27H,13,15H2,1-4H3,(H,29,32). The maximum absolute atomic E-state index is 13.6. The number of rotatable bonds is 8. The van der Waals surface area contributed by atoms with E-state index in [1.807, 2.05) is 36.4 Å². The summed E-state index contributed by atoms with van der Waals surface area (Å²) in [5.41, 5.74) is 2.07. The van der Waals surface area contributed by atoms with Gasteiger partial charge in [-0.15, -0.1) is 0 Å². The largest absolute Gasteiger partial charge is 0.497 e. The van der Waals surface area contributed by atoms with Gasteiger partial charge in [-0.1, -0.05) is 12.1 Å². The SMILES string of the molecule is COc1ccc(N2C(=O)CCC(C(=O)Nc3cccc(OC)c3)C2c2ccc(OC)c(OC)c2)cc1. The lowest BCUT2D eigenvalue weighted by atomic mass is 9.83. The number of carbonyl (C=O) groups is 2. The molecule has 188 valence electrons. The quantitative estimate of drug-likeness (QED) is 0.486. The zero-order chi connectivity index (χ0) is 25.7. The van der Waals surface area contributed by atoms with E-state index in [0.29, 0.717) is 40.8 Å². The van der Waals surface area contributed by atoms with Gasteiger partial charge in [-0.05, 0) is 60.5 Å². The number of hydrogen-bond donors (Lipinski definition) is 1. The number of nitrogens with one attached hydrogen (secondary N) is 1. The molecule has 0 radical (unpaired) electrons. The summed E-state index contributed by atoms with van der Waals surface area (Å²) >= 11 is 0. The Labute approximate surface area is 210 Å². The van der Waals surface area contributed by atoms with Crippen molar-refractivity contribution in [3.63, 3.8) is 0 Å². The Balaban J connectivity index is 1.77. The van der Waals surface area contributed by atoms with Crippen molar-refractivity contribution in [2.75, 3.05) is 38.7 Å². The van der Waals surface area contributed by atoms with Crippen molar-refractivity contribution < 1.29 is 28.5 Å². The second kappa shape index (κ2) is 11.0. The third-order valence-electron chi connectivity index (χ3n) is 6.37. The molecule has 4 rings (SSSR count). The fourth-order valence-corrected chi connectivity index (χ4v) is 4.57. The lowest BCUT2D eigenvalue weighted by Gasteiger charge is -2.41. The summed E-state index contributed by atoms with van der Waals surface area (Å²) in [5.74, 6) is 1.64. The molecule has 0 aromatic heterocycles. The number of amides is 2. The lowest BCUT2D eigenvalue weighted by molar-refractivity contribution is -0.125. The number of carbonyl (C=O) groups excluding carboxylic acids is 2. The maximum atomic E-state index is 13.6. The normalized spacial score (nSPS) is 17.3. The molecule has 0 spiro atoms. The molecule has 1 aliphatic heterocycles. The first-order valence-corrected chi connectivity index (χ1v) is 11.6. The molecule has 1 fully saturated rings. The number of methoxy groups -OCH3 is 4. The summed E-state index contributed by atoms with van der Waals surface area (Å²) in [6.07, 6.45) is 0.645. The van der Waals surface area contributed by atoms with E-state index in [4.69, 9.17) is 18.9 Å². The Hall–Kier alpha value is -4.20. The molecule has 2 atom stereocenters. The van der Waals surface area contributed by atoms with E-state index in [2.05, 4.69) is 5.32 Å². The van der Waals surface area contributed by atoms with Crippen LogP contribution < -0.4 is 29.2 Å². The van der Waals surface area contributed by atoms with Crippen molar-refractivity contribution in [3.05, 3.63) is 72.3 Å². The van der Waals surface area contributed by atoms with Gasteiger partial charge in [0.05, 0.1) is 40.4 Å². The molecular weight excluding hydrogens is 460 g/mol. The van der Waals surface area contributed by atoms with Crippen LogP contribution in [0.5, 0.6) is 23.0 Å². The first kappa shape index (κ1) is 24.9. The van der Waals surface area contributed by atoms with Crippen molar-refractivity contribution in [3.8, 4) is 23.0 Å². The average Bonchev–Trinajstić information content (AvgIpc) is 2.92. The topological polar surface area (TPSA) is 86.3 Å². The molecule has 36 heavy (non-hydrogen) atoms. The van der Waals surface area contributed by atoms with Crippen molar-refractivity contribution in [2.45, 2.75) is 18.9 Å². The van der Waals surface area contributed by atoms with Gasteiger partial charge >= 0.3 is 0 Å². The predicted molar refractivity (Wildman–Crippen MR) is 137 cm³/mol. The van der Waals surface area contributed by atoms with Crippen LogP contribution in [0.4, 0.5) is 11.4 Å². The highest BCUT2D eigenvalue weighted by atomic mass is 16.5. The minimum absolute atomic E-state index is 0.0645. The number of hydrogen-bond acceptors (Lipinski definition) is 6. The third kappa shape index (κ3) is 5.07. The molecule has 0 saturated carbocycles. The molecule has 1 saturated heterocycles. The maximum Gasteiger partial charge on any atom is 0.229 e. The van der Waals surface area contributed by atoms with Crippen LogP contribution >= 0.6 is 0 Å². The fourth-order valence-electron chi connectivity index (χ4n) is 4.57. The average molecular weight is 491 g/mol. The summed E-state index contributed by atoms with van der Waals surface area (Å²) in [6.45, 7) is 0. The van der Waals surface area contributed by atoms with Crippen molar-refractivity contribution in [1.29, 1.82) is 0 Å². The van der Waals surface area contributed by atoms with Crippen LogP contribution in [0.3, 0.4) is 0 Å². The van der Waals surface area contributed by atoms with E-state index in [1.165, 1.54) is 0 Å². The molecule has 8 heteroatoms. The number of piperidine rings is 1. The van der Waals surface area contributed by atoms with Crippen molar-refractivity contribution >= 4 is 23.2 Å². The van der Waals surface area contributed by atoms with Crippen LogP contribution in [0.15, 0.2) is 66.7 Å². The number of anilines is 2. The summed E-state index contributed by atoms with van der Waals surface area (Å²) < 4.78 is 21.5. The summed E-state index contributed by atoms with van der Waals surface area (Å²) in [7, 11) is 6.29. The van der Waals surface area contributed by atoms with Crippen LogP contribution in [0, 0.1) is 5.92 Å². The molecule has 0 bridgehead atoms. The number of nitrogens with zero attached hydrogens (tertiary/aromatic N) is 1. The van der Waals surface area contributed by atoms with Gasteiger partial charge in [0.1, 0.15) is 11.5 Å². The van der Waals surface area contributed by atoms with E-state index < -0.39 is 12.0 Å². The number of benzene rings is 3. The van der Waals surface area contributed by atoms with Gasteiger partial charge < -0.3 is 29.2 Å². The first-order valence-electron chi connectivity index (χ1n) is 11.6. The van der Waals surface area contributed by atoms with E-state index in [0.717, 1.165) is 5.56 Å². The third-order valence-corrected chi connectivity index (χ3v) is 6.37. The Bertz CT molecular complexity index is 1230. The van der Waals surface area contributed by atoms with Crippen LogP contribution in [0.1, 0.15) is 24.4 Å². The summed E-state index contributed by atoms with van der Waals surface area (Å²) in [6, 6.07) is 19.4. The van der Waals surface area contributed by atoms with E-state index in [1.54, 1.807) is 63.7 Å². The molecule has 2 unspecified atom stereocenters. The van der Waals surface area contributed by atoms with E-state index >= 15 is 0 Å². The van der Waals surface area contributed by atoms with Gasteiger partial charge in [-0.2, -0.15) is 0 Å². The molecule has 3 aromatic carbocycles. The zero-order valence-electron chi connectivity index (χ0n) is 20.8. The highest BCUT2D eigenvalue weighted by molar-refractivity contribution is 6.00. The van der Waals surface area contributed by atoms with Gasteiger partial charge in [-0.3, -0.25) is 9.59 Å². The van der Waals surface area contributed by atoms with Gasteiger partial charge in [0.25, 0.3) is 0 Å².